The molecule has 0 unspecified atom stereocenters. The zero-order valence-corrected chi connectivity index (χ0v) is 10.3. The van der Waals surface area contributed by atoms with Crippen LogP contribution in [0.2, 0.25) is 0 Å². The van der Waals surface area contributed by atoms with Crippen LogP contribution in [-0.4, -0.2) is 30.6 Å². The summed E-state index contributed by atoms with van der Waals surface area (Å²) in [6.45, 7) is 4.66. The Hall–Kier alpha value is -1.06. The maximum absolute atomic E-state index is 5.84. The van der Waals surface area contributed by atoms with Gasteiger partial charge in [-0.2, -0.15) is 0 Å². The van der Waals surface area contributed by atoms with Crippen LogP contribution in [0.15, 0.2) is 18.2 Å². The fourth-order valence-electron chi connectivity index (χ4n) is 3.08. The number of hydrogen-bond acceptors (Lipinski definition) is 3. The van der Waals surface area contributed by atoms with Crippen LogP contribution in [-0.2, 0) is 13.0 Å². The molecule has 0 atom stereocenters. The Balaban J connectivity index is 1.73. The van der Waals surface area contributed by atoms with Crippen molar-refractivity contribution >= 4 is 5.69 Å². The second-order valence-electron chi connectivity index (χ2n) is 5.23. The summed E-state index contributed by atoms with van der Waals surface area (Å²) in [6.07, 6.45) is 3.75. The van der Waals surface area contributed by atoms with Gasteiger partial charge in [0, 0.05) is 24.8 Å². The molecule has 1 aromatic rings. The Morgan fingerprint density at radius 1 is 1.18 bits per heavy atom. The highest BCUT2D eigenvalue weighted by Crippen LogP contribution is 2.24. The van der Waals surface area contributed by atoms with E-state index in [1.165, 1.54) is 43.6 Å². The lowest BCUT2D eigenvalue weighted by atomic mass is 9.95. The molecule has 1 aromatic carbocycles. The van der Waals surface area contributed by atoms with Crippen LogP contribution in [0.4, 0.5) is 5.69 Å². The number of nitrogen functional groups attached to an aromatic ring is 1. The van der Waals surface area contributed by atoms with Gasteiger partial charge >= 0.3 is 0 Å². The Morgan fingerprint density at radius 3 is 2.82 bits per heavy atom. The first-order chi connectivity index (χ1) is 8.33. The van der Waals surface area contributed by atoms with Gasteiger partial charge in [-0.15, -0.1) is 0 Å². The van der Waals surface area contributed by atoms with Gasteiger partial charge in [-0.25, -0.2) is 0 Å². The van der Waals surface area contributed by atoms with Crippen LogP contribution in [0, 0.1) is 0 Å². The molecule has 2 aliphatic rings. The predicted molar refractivity (Wildman–Crippen MR) is 70.9 cm³/mol. The minimum Gasteiger partial charge on any atom is -0.399 e. The van der Waals surface area contributed by atoms with Crippen molar-refractivity contribution in [1.82, 2.24) is 10.2 Å². The van der Waals surface area contributed by atoms with E-state index in [9.17, 15) is 0 Å². The second-order valence-corrected chi connectivity index (χ2v) is 5.23. The van der Waals surface area contributed by atoms with Gasteiger partial charge in [0.1, 0.15) is 0 Å². The largest absolute Gasteiger partial charge is 0.399 e. The van der Waals surface area contributed by atoms with E-state index in [4.69, 9.17) is 5.73 Å². The van der Waals surface area contributed by atoms with E-state index in [-0.39, 0.29) is 0 Å². The third kappa shape index (κ3) is 2.31. The van der Waals surface area contributed by atoms with Gasteiger partial charge in [0.2, 0.25) is 0 Å². The fourth-order valence-corrected chi connectivity index (χ4v) is 3.08. The summed E-state index contributed by atoms with van der Waals surface area (Å²) in [5.74, 6) is 0. The standard InChI is InChI=1S/C14H21N3/c15-13-2-1-12-10-17(8-5-11(12)9-13)14-3-6-16-7-4-14/h1-2,9,14,16H,3-8,10,15H2. The Morgan fingerprint density at radius 2 is 2.00 bits per heavy atom. The van der Waals surface area contributed by atoms with E-state index in [0.717, 1.165) is 24.7 Å². The van der Waals surface area contributed by atoms with Gasteiger partial charge in [0.15, 0.2) is 0 Å². The summed E-state index contributed by atoms with van der Waals surface area (Å²) in [6, 6.07) is 7.17. The second kappa shape index (κ2) is 4.67. The van der Waals surface area contributed by atoms with Crippen molar-refractivity contribution in [3.05, 3.63) is 29.3 Å². The molecule has 3 N–H and O–H groups in total. The van der Waals surface area contributed by atoms with E-state index in [0.29, 0.717) is 0 Å². The first-order valence-electron chi connectivity index (χ1n) is 6.65. The van der Waals surface area contributed by atoms with Crippen LogP contribution in [0.5, 0.6) is 0 Å². The molecule has 2 aliphatic heterocycles. The zero-order chi connectivity index (χ0) is 11.7. The lowest BCUT2D eigenvalue weighted by molar-refractivity contribution is 0.147. The molecule has 1 saturated heterocycles. The Bertz CT molecular complexity index is 396. The highest BCUT2D eigenvalue weighted by Gasteiger charge is 2.24. The molecule has 0 radical (unpaired) electrons. The van der Waals surface area contributed by atoms with Crippen molar-refractivity contribution in [2.24, 2.45) is 0 Å². The van der Waals surface area contributed by atoms with Crippen molar-refractivity contribution in [3.63, 3.8) is 0 Å². The van der Waals surface area contributed by atoms with E-state index in [1.54, 1.807) is 0 Å². The molecule has 92 valence electrons. The predicted octanol–water partition coefficient (Wildman–Crippen LogP) is 1.38. The summed E-state index contributed by atoms with van der Waals surface area (Å²) in [7, 11) is 0. The number of anilines is 1. The molecule has 0 amide bonds. The number of nitrogens with one attached hydrogen (secondary N) is 1. The molecule has 3 heteroatoms. The SMILES string of the molecule is Nc1ccc2c(c1)CCN(C1CCNCC1)C2. The molecule has 0 bridgehead atoms. The molecule has 17 heavy (non-hydrogen) atoms. The van der Waals surface area contributed by atoms with Crippen LogP contribution in [0.1, 0.15) is 24.0 Å². The van der Waals surface area contributed by atoms with Gasteiger partial charge in [0.25, 0.3) is 0 Å². The summed E-state index contributed by atoms with van der Waals surface area (Å²) in [4.78, 5) is 2.65. The van der Waals surface area contributed by atoms with Gasteiger partial charge in [-0.05, 0) is 55.6 Å². The smallest absolute Gasteiger partial charge is 0.0316 e. The number of hydrogen-bond donors (Lipinski definition) is 2. The first kappa shape index (κ1) is 11.1. The molecule has 1 fully saturated rings. The number of nitrogens with zero attached hydrogens (tertiary/aromatic N) is 1. The maximum Gasteiger partial charge on any atom is 0.0316 e. The van der Waals surface area contributed by atoms with Crippen molar-refractivity contribution in [2.45, 2.75) is 31.8 Å². The minimum atomic E-state index is 0.780. The van der Waals surface area contributed by atoms with E-state index in [2.05, 4.69) is 22.3 Å². The normalized spacial score (nSPS) is 22.4. The molecule has 0 spiro atoms. The average molecular weight is 231 g/mol. The molecule has 0 aliphatic carbocycles. The topological polar surface area (TPSA) is 41.3 Å². The maximum atomic E-state index is 5.84. The molecule has 0 saturated carbocycles. The molecular formula is C14H21N3. The van der Waals surface area contributed by atoms with Gasteiger partial charge < -0.3 is 11.1 Å². The van der Waals surface area contributed by atoms with Crippen molar-refractivity contribution in [2.75, 3.05) is 25.4 Å². The summed E-state index contributed by atoms with van der Waals surface area (Å²) in [5.41, 5.74) is 9.67. The van der Waals surface area contributed by atoms with Crippen molar-refractivity contribution < 1.29 is 0 Å². The van der Waals surface area contributed by atoms with E-state index < -0.39 is 0 Å². The van der Waals surface area contributed by atoms with Crippen LogP contribution in [0.25, 0.3) is 0 Å². The molecule has 0 aromatic heterocycles. The first-order valence-corrected chi connectivity index (χ1v) is 6.65. The van der Waals surface area contributed by atoms with Gasteiger partial charge in [0.05, 0.1) is 0 Å². The summed E-state index contributed by atoms with van der Waals surface area (Å²) < 4.78 is 0. The van der Waals surface area contributed by atoms with E-state index >= 15 is 0 Å². The number of rotatable bonds is 1. The highest BCUT2D eigenvalue weighted by molar-refractivity contribution is 5.45. The molecule has 3 nitrogen and oxygen atoms in total. The minimum absolute atomic E-state index is 0.780. The van der Waals surface area contributed by atoms with E-state index in [1.807, 2.05) is 6.07 Å². The van der Waals surface area contributed by atoms with Crippen molar-refractivity contribution in [3.8, 4) is 0 Å². The van der Waals surface area contributed by atoms with Crippen LogP contribution < -0.4 is 11.1 Å². The lowest BCUT2D eigenvalue weighted by Gasteiger charge is -2.37. The van der Waals surface area contributed by atoms with Crippen molar-refractivity contribution in [1.29, 1.82) is 0 Å². The number of fused-ring (bicyclic) bond motifs is 1. The third-order valence-corrected chi connectivity index (χ3v) is 4.10. The monoisotopic (exact) mass is 231 g/mol. The number of piperidine rings is 1. The van der Waals surface area contributed by atoms with Crippen LogP contribution in [0.3, 0.4) is 0 Å². The van der Waals surface area contributed by atoms with Gasteiger partial charge in [-0.1, -0.05) is 6.07 Å². The number of nitrogens with two attached hydrogens (primary N) is 1. The van der Waals surface area contributed by atoms with Gasteiger partial charge in [-0.3, -0.25) is 4.90 Å². The summed E-state index contributed by atoms with van der Waals surface area (Å²) >= 11 is 0. The molecule has 2 heterocycles. The number of benzene rings is 1. The molecule has 3 rings (SSSR count). The zero-order valence-electron chi connectivity index (χ0n) is 10.3. The lowest BCUT2D eigenvalue weighted by Crippen LogP contribution is -2.45. The molecular weight excluding hydrogens is 210 g/mol. The fraction of sp³-hybridized carbons (Fsp3) is 0.571. The average Bonchev–Trinajstić information content (AvgIpc) is 2.39. The Labute approximate surface area is 103 Å². The third-order valence-electron chi connectivity index (χ3n) is 4.10. The Kier molecular flexibility index (Phi) is 3.04. The summed E-state index contributed by atoms with van der Waals surface area (Å²) in [5, 5.41) is 3.44. The quantitative estimate of drug-likeness (QED) is 0.717. The van der Waals surface area contributed by atoms with Crippen LogP contribution >= 0.6 is 0 Å². The highest BCUT2D eigenvalue weighted by atomic mass is 15.2.